The Labute approximate surface area is 359 Å². The van der Waals surface area contributed by atoms with Crippen LogP contribution in [0.2, 0.25) is 0 Å². The van der Waals surface area contributed by atoms with Crippen molar-refractivity contribution in [2.45, 2.75) is 114 Å². The van der Waals surface area contributed by atoms with Gasteiger partial charge in [-0.25, -0.2) is 8.78 Å². The average Bonchev–Trinajstić information content (AvgIpc) is 4.02. The van der Waals surface area contributed by atoms with Gasteiger partial charge >= 0.3 is 0 Å². The van der Waals surface area contributed by atoms with E-state index in [-0.39, 0.29) is 38.8 Å². The molecule has 0 bridgehead atoms. The number of amides is 4. The Kier molecular flexibility index (Phi) is 14.7. The predicted octanol–water partition coefficient (Wildman–Crippen LogP) is 1.86. The van der Waals surface area contributed by atoms with Crippen molar-refractivity contribution in [3.8, 4) is 11.4 Å². The Balaban J connectivity index is 1.43. The van der Waals surface area contributed by atoms with Gasteiger partial charge in [0.05, 0.1) is 60.0 Å². The number of nitrogens with one attached hydrogen (secondary N) is 6. The van der Waals surface area contributed by atoms with Crippen molar-refractivity contribution in [2.75, 3.05) is 41.4 Å². The SMILES string of the molecule is CN[C@@H](C)C(=O)N[C@H](C(=O)N1CC[C@H](O)[C@H]1Cc1c(-c2[nH]c3cc(F)ccc3c2C[C@@H]2[C@@H](O)CCN2C(=O)[C@@H](NC(=O)[C@H](C)NC)[C@@H](C)OC)[nH]c2cc(F)ccc12)[C@@H](C)OC. The fraction of sp³-hybridized carbons (Fsp3) is 0.545. The number of halogens is 2. The summed E-state index contributed by atoms with van der Waals surface area (Å²) in [4.78, 5) is 64.6. The van der Waals surface area contributed by atoms with Gasteiger partial charge in [-0.3, -0.25) is 19.2 Å². The number of hydrogen-bond donors (Lipinski definition) is 8. The summed E-state index contributed by atoms with van der Waals surface area (Å²) < 4.78 is 40.9. The second-order valence-corrected chi connectivity index (χ2v) is 16.5. The number of hydrogen-bond acceptors (Lipinski definition) is 10. The van der Waals surface area contributed by atoms with E-state index in [0.29, 0.717) is 44.3 Å². The molecule has 18 heteroatoms. The fourth-order valence-corrected chi connectivity index (χ4v) is 8.65. The molecular formula is C44H60F2N8O8. The highest BCUT2D eigenvalue weighted by Crippen LogP contribution is 2.40. The average molecular weight is 867 g/mol. The number of benzene rings is 2. The van der Waals surface area contributed by atoms with Crippen molar-refractivity contribution < 1.29 is 47.6 Å². The molecule has 4 amide bonds. The highest BCUT2D eigenvalue weighted by molar-refractivity contribution is 5.97. The molecule has 0 unspecified atom stereocenters. The van der Waals surface area contributed by atoms with Crippen molar-refractivity contribution in [1.82, 2.24) is 41.0 Å². The molecule has 62 heavy (non-hydrogen) atoms. The number of carbonyl (C=O) groups is 4. The molecule has 338 valence electrons. The van der Waals surface area contributed by atoms with E-state index in [0.717, 1.165) is 0 Å². The van der Waals surface area contributed by atoms with Crippen molar-refractivity contribution >= 4 is 45.4 Å². The summed E-state index contributed by atoms with van der Waals surface area (Å²) in [7, 11) is 6.15. The summed E-state index contributed by atoms with van der Waals surface area (Å²) >= 11 is 0. The lowest BCUT2D eigenvalue weighted by molar-refractivity contribution is -0.142. The lowest BCUT2D eigenvalue weighted by Gasteiger charge is -2.33. The van der Waals surface area contributed by atoms with Crippen molar-refractivity contribution in [1.29, 1.82) is 0 Å². The predicted molar refractivity (Wildman–Crippen MR) is 229 cm³/mol. The number of aromatic nitrogens is 2. The molecule has 2 aliphatic rings. The molecule has 0 saturated carbocycles. The minimum absolute atomic E-state index is 0.0873. The molecule has 8 N–H and O–H groups in total. The van der Waals surface area contributed by atoms with Gasteiger partial charge in [0.15, 0.2) is 0 Å². The van der Waals surface area contributed by atoms with Crippen LogP contribution in [0.4, 0.5) is 8.78 Å². The number of carbonyl (C=O) groups excluding carboxylic acids is 4. The van der Waals surface area contributed by atoms with Crippen LogP contribution in [0.1, 0.15) is 51.7 Å². The quantitative estimate of drug-likeness (QED) is 0.0772. The van der Waals surface area contributed by atoms with Crippen LogP contribution in [0.15, 0.2) is 36.4 Å². The van der Waals surface area contributed by atoms with E-state index in [9.17, 15) is 38.2 Å². The van der Waals surface area contributed by atoms with Crippen molar-refractivity contribution in [2.24, 2.45) is 0 Å². The summed E-state index contributed by atoms with van der Waals surface area (Å²) in [6.07, 6.45) is -2.67. The first kappa shape index (κ1) is 46.5. The number of methoxy groups -OCH3 is 2. The summed E-state index contributed by atoms with van der Waals surface area (Å²) in [5.41, 5.74) is 3.05. The zero-order valence-electron chi connectivity index (χ0n) is 36.5. The molecule has 0 spiro atoms. The van der Waals surface area contributed by atoms with E-state index < -0.39 is 95.9 Å². The minimum atomic E-state index is -1.07. The summed E-state index contributed by atoms with van der Waals surface area (Å²) in [6.45, 7) is 7.07. The molecule has 2 aromatic heterocycles. The number of aliphatic hydroxyl groups excluding tert-OH is 2. The van der Waals surface area contributed by atoms with Gasteiger partial charge in [-0.2, -0.15) is 0 Å². The minimum Gasteiger partial charge on any atom is -0.391 e. The van der Waals surface area contributed by atoms with E-state index >= 15 is 0 Å². The number of fused-ring (bicyclic) bond motifs is 2. The molecule has 6 rings (SSSR count). The number of aromatic amines is 2. The Hall–Kier alpha value is -4.98. The monoisotopic (exact) mass is 866 g/mol. The van der Waals surface area contributed by atoms with Gasteiger partial charge in [-0.05, 0) is 115 Å². The Morgan fingerprint density at radius 1 is 0.694 bits per heavy atom. The second kappa shape index (κ2) is 19.6. The van der Waals surface area contributed by atoms with E-state index in [2.05, 4.69) is 31.2 Å². The lowest BCUT2D eigenvalue weighted by atomic mass is 9.93. The molecule has 0 aliphatic carbocycles. The molecule has 16 nitrogen and oxygen atoms in total. The number of likely N-dealkylation sites (tertiary alicyclic amines) is 2. The lowest BCUT2D eigenvalue weighted by Crippen LogP contribution is -2.58. The van der Waals surface area contributed by atoms with Crippen LogP contribution in [0, 0.1) is 11.6 Å². The topological polar surface area (TPSA) is 213 Å². The van der Waals surface area contributed by atoms with Crippen LogP contribution >= 0.6 is 0 Å². The molecule has 4 aromatic rings. The van der Waals surface area contributed by atoms with Gasteiger partial charge in [0, 0.05) is 49.1 Å². The van der Waals surface area contributed by atoms with Gasteiger partial charge in [-0.1, -0.05) is 0 Å². The highest BCUT2D eigenvalue weighted by Gasteiger charge is 2.44. The number of nitrogens with zero attached hydrogens (tertiary/aromatic N) is 2. The maximum atomic E-state index is 14.9. The van der Waals surface area contributed by atoms with Gasteiger partial charge in [0.2, 0.25) is 23.6 Å². The Morgan fingerprint density at radius 2 is 1.06 bits per heavy atom. The van der Waals surface area contributed by atoms with Gasteiger partial charge < -0.3 is 60.7 Å². The maximum absolute atomic E-state index is 14.9. The molecule has 2 saturated heterocycles. The normalized spacial score (nSPS) is 22.1. The number of ether oxygens (including phenoxy) is 2. The third-order valence-electron chi connectivity index (χ3n) is 12.9. The highest BCUT2D eigenvalue weighted by atomic mass is 19.1. The maximum Gasteiger partial charge on any atom is 0.248 e. The zero-order chi connectivity index (χ0) is 45.2. The van der Waals surface area contributed by atoms with E-state index in [1.165, 1.54) is 38.5 Å². The molecule has 2 aliphatic heterocycles. The third-order valence-corrected chi connectivity index (χ3v) is 12.9. The molecule has 0 radical (unpaired) electrons. The Bertz CT molecular complexity index is 2110. The van der Waals surface area contributed by atoms with Crippen molar-refractivity contribution in [3.63, 3.8) is 0 Å². The van der Waals surface area contributed by atoms with Crippen LogP contribution < -0.4 is 21.3 Å². The first-order valence-corrected chi connectivity index (χ1v) is 21.1. The summed E-state index contributed by atoms with van der Waals surface area (Å²) in [5.74, 6) is -2.70. The van der Waals surface area contributed by atoms with Crippen molar-refractivity contribution in [3.05, 3.63) is 59.2 Å². The molecular weight excluding hydrogens is 807 g/mol. The third kappa shape index (κ3) is 9.35. The molecule has 4 heterocycles. The fourth-order valence-electron chi connectivity index (χ4n) is 8.65. The summed E-state index contributed by atoms with van der Waals surface area (Å²) in [6, 6.07) is 3.65. The van der Waals surface area contributed by atoms with Gasteiger partial charge in [0.1, 0.15) is 23.7 Å². The number of H-pyrrole nitrogens is 2. The smallest absolute Gasteiger partial charge is 0.248 e. The number of likely N-dealkylation sites (N-methyl/N-ethyl adjacent to an activating group) is 2. The van der Waals surface area contributed by atoms with Gasteiger partial charge in [-0.15, -0.1) is 0 Å². The standard InChI is InChI=1S/C44H60F2N8O8/c1-21(47-5)41(57)51-37(23(3)61-7)43(59)53-15-13-35(55)33(53)19-29-27-11-9-25(45)17-31(27)49-39(29)40-30(28-12-10-26(46)18-32(28)50-40)20-34-36(56)14-16-54(34)44(60)38(24(4)62-8)52-42(58)22(2)48-6/h9-12,17-18,21-24,33-38,47-50,55-56H,13-16,19-20H2,1-8H3,(H,51,57)(H,52,58)/t21-,22-,23+,24+,33+,34+,35-,36-,37-,38-/m0/s1. The van der Waals surface area contributed by atoms with Crippen LogP contribution in [-0.2, 0) is 41.5 Å². The van der Waals surface area contributed by atoms with Crippen LogP contribution in [0.5, 0.6) is 0 Å². The van der Waals surface area contributed by atoms with Crippen LogP contribution in [0.25, 0.3) is 33.2 Å². The Morgan fingerprint density at radius 3 is 1.40 bits per heavy atom. The molecule has 10 atom stereocenters. The first-order valence-electron chi connectivity index (χ1n) is 21.1. The van der Waals surface area contributed by atoms with E-state index in [4.69, 9.17) is 9.47 Å². The largest absolute Gasteiger partial charge is 0.391 e. The number of rotatable bonds is 17. The van der Waals surface area contributed by atoms with E-state index in [1.807, 2.05) is 0 Å². The number of aliphatic hydroxyl groups is 2. The summed E-state index contributed by atoms with van der Waals surface area (Å²) in [5, 5.41) is 35.6. The molecule has 2 aromatic carbocycles. The second-order valence-electron chi connectivity index (χ2n) is 16.5. The van der Waals surface area contributed by atoms with E-state index in [1.54, 1.807) is 63.7 Å². The van der Waals surface area contributed by atoms with Crippen LogP contribution in [-0.4, -0.2) is 156 Å². The first-order chi connectivity index (χ1) is 29.5. The zero-order valence-corrected chi connectivity index (χ0v) is 36.5. The molecule has 2 fully saturated rings. The van der Waals surface area contributed by atoms with Gasteiger partial charge in [0.25, 0.3) is 0 Å². The van der Waals surface area contributed by atoms with Crippen LogP contribution in [0.3, 0.4) is 0 Å².